The first-order chi connectivity index (χ1) is 72.0. The zero-order valence-corrected chi connectivity index (χ0v) is 81.4. The molecule has 0 amide bonds. The van der Waals surface area contributed by atoms with Gasteiger partial charge in [-0.25, -0.2) is 0 Å². The van der Waals surface area contributed by atoms with Gasteiger partial charge in [0.2, 0.25) is 0 Å². The fourth-order valence-electron chi connectivity index (χ4n) is 22.7. The molecule has 28 rings (SSSR count). The molecule has 25 aromatic carbocycles. The van der Waals surface area contributed by atoms with Gasteiger partial charge in [0, 0.05) is 49.0 Å². The maximum atomic E-state index is 6.59. The first-order valence-corrected chi connectivity index (χ1v) is 50.5. The van der Waals surface area contributed by atoms with Gasteiger partial charge in [-0.3, -0.25) is 0 Å². The van der Waals surface area contributed by atoms with Crippen LogP contribution in [-0.4, -0.2) is 0 Å². The average molecular weight is 1860 g/mol. The quantitative estimate of drug-likeness (QED) is 0.108. The monoisotopic (exact) mass is 1860 g/mol. The minimum absolute atomic E-state index is 0.00958. The van der Waals surface area contributed by atoms with Crippen molar-refractivity contribution in [1.29, 1.82) is 0 Å². The summed E-state index contributed by atoms with van der Waals surface area (Å²) >= 11 is 0. The van der Waals surface area contributed by atoms with E-state index in [-0.39, 0.29) is 5.41 Å². The highest BCUT2D eigenvalue weighted by Crippen LogP contribution is 2.52. The third-order valence-corrected chi connectivity index (χ3v) is 29.5. The van der Waals surface area contributed by atoms with Crippen LogP contribution in [0.1, 0.15) is 31.9 Å². The highest BCUT2D eigenvalue weighted by molar-refractivity contribution is 6.26. The Morgan fingerprint density at radius 3 is 0.664 bits per heavy atom. The maximum absolute atomic E-state index is 6.59. The SMILES string of the molecule is CC(C)(C)c1cc(-c2cccc(-c3ccc4c(-c5ccccc5)c5ccccc5c(-c5ccccc5)c4c3)c2)c2oc3ccccc3c2c1.Cc1cc(-c2cccc(-c3ccc4c(-c5ccccc5)c5ccccc5c(-c5ccccc5)c4c3)c2)c2oc3ccccc3c2c1.c1ccc(-c2cc(-c3cccc(-c4ccc5c(-c6ccccc6)c6ccccc6c(-c6ccccc6)c5c4)c3)c3oc4ccccc4c3c2)cc1. The minimum Gasteiger partial charge on any atom is -0.455 e. The minimum atomic E-state index is -0.00958. The zero-order chi connectivity index (χ0) is 97.5. The second-order valence-corrected chi connectivity index (χ2v) is 39.5. The Kier molecular flexibility index (Phi) is 22.1. The molecule has 28 aromatic rings. The summed E-state index contributed by atoms with van der Waals surface area (Å²) in [7, 11) is 0. The van der Waals surface area contributed by atoms with Gasteiger partial charge in [0.1, 0.15) is 33.5 Å². The molecule has 0 bridgehead atoms. The van der Waals surface area contributed by atoms with Crippen molar-refractivity contribution < 1.29 is 13.3 Å². The third-order valence-electron chi connectivity index (χ3n) is 29.5. The second-order valence-electron chi connectivity index (χ2n) is 39.5. The maximum Gasteiger partial charge on any atom is 0.143 e. The topological polar surface area (TPSA) is 39.4 Å². The normalized spacial score (nSPS) is 11.7. The van der Waals surface area contributed by atoms with Crippen LogP contribution in [0.25, 0.3) is 275 Å². The van der Waals surface area contributed by atoms with Crippen LogP contribution in [0, 0.1) is 6.92 Å². The van der Waals surface area contributed by atoms with Crippen LogP contribution >= 0.6 is 0 Å². The van der Waals surface area contributed by atoms with Crippen LogP contribution in [0.5, 0.6) is 0 Å². The summed E-state index contributed by atoms with van der Waals surface area (Å²) in [5.74, 6) is 0. The molecule has 688 valence electrons. The molecule has 0 N–H and O–H groups in total. The lowest BCUT2D eigenvalue weighted by molar-refractivity contribution is 0.590. The molecule has 3 heteroatoms. The Morgan fingerprint density at radius 2 is 0.356 bits per heavy atom. The molecular weight excluding hydrogens is 1770 g/mol. The van der Waals surface area contributed by atoms with Crippen molar-refractivity contribution in [3.8, 4) is 145 Å². The van der Waals surface area contributed by atoms with E-state index in [2.05, 4.69) is 531 Å². The van der Waals surface area contributed by atoms with Crippen molar-refractivity contribution in [3.05, 3.63) is 533 Å². The van der Waals surface area contributed by atoms with Crippen LogP contribution < -0.4 is 0 Å². The first kappa shape index (κ1) is 87.7. The number of furan rings is 3. The lowest BCUT2D eigenvalue weighted by atomic mass is 9.83. The number of benzene rings is 25. The summed E-state index contributed by atoms with van der Waals surface area (Å²) in [4.78, 5) is 0. The third kappa shape index (κ3) is 15.8. The van der Waals surface area contributed by atoms with E-state index in [1.807, 2.05) is 18.2 Å². The van der Waals surface area contributed by atoms with Crippen LogP contribution in [0.15, 0.2) is 535 Å². The predicted molar refractivity (Wildman–Crippen MR) is 620 cm³/mol. The summed E-state index contributed by atoms with van der Waals surface area (Å²) < 4.78 is 19.6. The van der Waals surface area contributed by atoms with Crippen molar-refractivity contribution in [2.75, 3.05) is 0 Å². The Morgan fingerprint density at radius 1 is 0.137 bits per heavy atom. The molecule has 0 saturated heterocycles. The zero-order valence-electron chi connectivity index (χ0n) is 81.4. The van der Waals surface area contributed by atoms with Crippen LogP contribution in [0.3, 0.4) is 0 Å². The largest absolute Gasteiger partial charge is 0.455 e. The molecular formula is C143H98O3. The van der Waals surface area contributed by atoms with Gasteiger partial charge in [-0.1, -0.05) is 451 Å². The number of para-hydroxylation sites is 3. The summed E-state index contributed by atoms with van der Waals surface area (Å²) in [5.41, 5.74) is 39.2. The molecule has 0 spiro atoms. The van der Waals surface area contributed by atoms with Gasteiger partial charge in [0.05, 0.1) is 0 Å². The van der Waals surface area contributed by atoms with Crippen LogP contribution in [0.2, 0.25) is 0 Å². The fourth-order valence-corrected chi connectivity index (χ4v) is 22.7. The van der Waals surface area contributed by atoms with Gasteiger partial charge in [-0.05, 0) is 307 Å². The highest BCUT2D eigenvalue weighted by atomic mass is 16.3. The molecule has 146 heavy (non-hydrogen) atoms. The average Bonchev–Trinajstić information content (AvgIpc) is 1.13. The van der Waals surface area contributed by atoms with E-state index >= 15 is 0 Å². The lowest BCUT2D eigenvalue weighted by Crippen LogP contribution is -2.11. The van der Waals surface area contributed by atoms with Crippen molar-refractivity contribution in [2.24, 2.45) is 0 Å². The van der Waals surface area contributed by atoms with E-state index in [0.717, 1.165) is 99.4 Å². The number of fused-ring (bicyclic) bond motifs is 15. The number of aryl methyl sites for hydroxylation is 1. The molecule has 3 nitrogen and oxygen atoms in total. The molecule has 0 aliphatic heterocycles. The van der Waals surface area contributed by atoms with Crippen LogP contribution in [0.4, 0.5) is 0 Å². The number of rotatable bonds is 13. The second kappa shape index (κ2) is 36.8. The van der Waals surface area contributed by atoms with Gasteiger partial charge < -0.3 is 13.3 Å². The van der Waals surface area contributed by atoms with Crippen molar-refractivity contribution in [1.82, 2.24) is 0 Å². The smallest absolute Gasteiger partial charge is 0.143 e. The van der Waals surface area contributed by atoms with E-state index in [1.54, 1.807) is 0 Å². The molecule has 0 unspecified atom stereocenters. The van der Waals surface area contributed by atoms with Gasteiger partial charge in [-0.2, -0.15) is 0 Å². The predicted octanol–water partition coefficient (Wildman–Crippen LogP) is 41.0. The Hall–Kier alpha value is -18.5. The molecule has 0 radical (unpaired) electrons. The molecule has 3 heterocycles. The summed E-state index contributed by atoms with van der Waals surface area (Å²) in [6, 6.07) is 189. The molecule has 0 aliphatic carbocycles. The van der Waals surface area contributed by atoms with Crippen LogP contribution in [-0.2, 0) is 5.41 Å². The van der Waals surface area contributed by atoms with Gasteiger partial charge in [0.15, 0.2) is 0 Å². The Balaban J connectivity index is 0.000000111. The van der Waals surface area contributed by atoms with E-state index in [9.17, 15) is 0 Å². The lowest BCUT2D eigenvalue weighted by Gasteiger charge is -2.21. The van der Waals surface area contributed by atoms with Crippen molar-refractivity contribution in [3.63, 3.8) is 0 Å². The van der Waals surface area contributed by atoms with E-state index in [4.69, 9.17) is 13.3 Å². The first-order valence-electron chi connectivity index (χ1n) is 50.5. The van der Waals surface area contributed by atoms with E-state index in [0.29, 0.717) is 0 Å². The molecule has 0 atom stereocenters. The summed E-state index contributed by atoms with van der Waals surface area (Å²) in [5, 5.41) is 22.0. The van der Waals surface area contributed by atoms with Gasteiger partial charge in [-0.15, -0.1) is 0 Å². The summed E-state index contributed by atoms with van der Waals surface area (Å²) in [6.45, 7) is 9.01. The Bertz CT molecular complexity index is 9940. The van der Waals surface area contributed by atoms with E-state index < -0.39 is 0 Å². The highest BCUT2D eigenvalue weighted by Gasteiger charge is 2.27. The number of hydrogen-bond acceptors (Lipinski definition) is 3. The Labute approximate surface area is 848 Å². The van der Waals surface area contributed by atoms with E-state index in [1.165, 1.54) is 187 Å². The fraction of sp³-hybridized carbons (Fsp3) is 0.0350. The molecule has 3 aromatic heterocycles. The van der Waals surface area contributed by atoms with Gasteiger partial charge in [0.25, 0.3) is 0 Å². The number of hydrogen-bond donors (Lipinski definition) is 0. The summed E-state index contributed by atoms with van der Waals surface area (Å²) in [6.07, 6.45) is 0. The van der Waals surface area contributed by atoms with Crippen molar-refractivity contribution >= 4 is 130 Å². The standard InChI is InChI=1S/C50H32O.C48H36O.C45H30O/c1-4-15-33(16-5-1)39-31-44(50-46(32-39)40-23-12-13-26-47(40)51-50)38-22-14-21-36(29-38)37-27-28-43-45(30-37)49(35-19-8-3-9-20-35)42-25-11-10-24-41(42)48(43)34-17-6-2-7-18-34;1-48(2,3)36-29-41(47-43(30-36)37-21-12-13-24-44(37)49-47)35-20-14-19-33(27-35)34-25-26-40-42(28-34)46(32-17-8-5-9-18-32)39-23-11-10-22-38(39)45(40)31-15-6-4-7-16-31;1-29-25-39(45-41(26-29)35-19-10-11-22-42(35)46-45)34-18-12-17-32(27-34)33-23-24-38-40(28-33)44(31-15-6-3-7-16-31)37-21-9-8-20-36(37)43(38)30-13-4-2-5-14-30/h1-32H;4-30H,1-3H3;2-28H,1H3. The molecule has 0 saturated carbocycles. The van der Waals surface area contributed by atoms with Crippen molar-refractivity contribution in [2.45, 2.75) is 33.1 Å². The van der Waals surface area contributed by atoms with Gasteiger partial charge >= 0.3 is 0 Å². The molecule has 0 fully saturated rings. The molecule has 0 aliphatic rings.